The van der Waals surface area contributed by atoms with Crippen LogP contribution in [0.25, 0.3) is 11.0 Å². The molecule has 0 radical (unpaired) electrons. The topological polar surface area (TPSA) is 60.0 Å². The summed E-state index contributed by atoms with van der Waals surface area (Å²) >= 11 is 4.99. The number of hydrogen-bond donors (Lipinski definition) is 1. The van der Waals surface area contributed by atoms with Crippen molar-refractivity contribution in [1.29, 1.82) is 0 Å². The van der Waals surface area contributed by atoms with Gasteiger partial charge >= 0.3 is 0 Å². The van der Waals surface area contributed by atoms with E-state index in [1.165, 1.54) is 0 Å². The molecule has 0 fully saturated rings. The van der Waals surface area contributed by atoms with E-state index >= 15 is 0 Å². The molecule has 0 unspecified atom stereocenters. The predicted molar refractivity (Wildman–Crippen MR) is 87.0 cm³/mol. The largest absolute Gasteiger partial charge is 0.393 e. The molecule has 0 aliphatic carbocycles. The Labute approximate surface area is 124 Å². The Morgan fingerprint density at radius 3 is 2.85 bits per heavy atom. The zero-order valence-corrected chi connectivity index (χ0v) is 13.0. The van der Waals surface area contributed by atoms with Crippen LogP contribution in [0.4, 0.5) is 5.82 Å². The van der Waals surface area contributed by atoms with Crippen LogP contribution in [0.5, 0.6) is 0 Å². The van der Waals surface area contributed by atoms with Crippen LogP contribution in [0, 0.1) is 5.92 Å². The van der Waals surface area contributed by atoms with Crippen LogP contribution >= 0.6 is 12.2 Å². The van der Waals surface area contributed by atoms with E-state index in [4.69, 9.17) is 18.0 Å². The molecule has 20 heavy (non-hydrogen) atoms. The molecule has 0 amide bonds. The summed E-state index contributed by atoms with van der Waals surface area (Å²) in [5, 5.41) is 0. The molecule has 2 heterocycles. The lowest BCUT2D eigenvalue weighted by molar-refractivity contribution is 0.610. The second-order valence-electron chi connectivity index (χ2n) is 5.41. The first-order valence-corrected chi connectivity index (χ1v) is 7.19. The minimum absolute atomic E-state index is 0.530. The fraction of sp³-hybridized carbons (Fsp3) is 0.500. The summed E-state index contributed by atoms with van der Waals surface area (Å²) in [6, 6.07) is 1.98. The molecule has 2 aromatic heterocycles. The van der Waals surface area contributed by atoms with Crippen molar-refractivity contribution in [1.82, 2.24) is 14.5 Å². The lowest BCUT2D eigenvalue weighted by Gasteiger charge is -2.25. The van der Waals surface area contributed by atoms with Crippen molar-refractivity contribution >= 4 is 34.1 Å². The van der Waals surface area contributed by atoms with E-state index in [0.717, 1.165) is 29.9 Å². The summed E-state index contributed by atoms with van der Waals surface area (Å²) in [5.74, 6) is 1.44. The molecule has 0 saturated carbocycles. The number of imidazole rings is 1. The SMILES string of the molecule is CC(C)CN(CCC(N)=S)c1nccc2c1ncn2C. The first kappa shape index (κ1) is 14.7. The summed E-state index contributed by atoms with van der Waals surface area (Å²) in [4.78, 5) is 11.7. The van der Waals surface area contributed by atoms with Crippen LogP contribution in [-0.2, 0) is 7.05 Å². The van der Waals surface area contributed by atoms with E-state index in [1.807, 2.05) is 30.2 Å². The minimum Gasteiger partial charge on any atom is -0.393 e. The smallest absolute Gasteiger partial charge is 0.156 e. The fourth-order valence-corrected chi connectivity index (χ4v) is 2.34. The summed E-state index contributed by atoms with van der Waals surface area (Å²) in [6.45, 7) is 6.06. The molecular weight excluding hydrogens is 270 g/mol. The molecule has 0 atom stereocenters. The van der Waals surface area contributed by atoms with Gasteiger partial charge in [-0.15, -0.1) is 0 Å². The van der Waals surface area contributed by atoms with E-state index in [-0.39, 0.29) is 0 Å². The first-order valence-electron chi connectivity index (χ1n) is 6.78. The number of aromatic nitrogens is 3. The highest BCUT2D eigenvalue weighted by Crippen LogP contribution is 2.23. The number of anilines is 1. The van der Waals surface area contributed by atoms with Crippen molar-refractivity contribution in [3.8, 4) is 0 Å². The molecule has 108 valence electrons. The van der Waals surface area contributed by atoms with Gasteiger partial charge in [-0.25, -0.2) is 9.97 Å². The standard InChI is InChI=1S/C14H21N5S/c1-10(2)8-19(7-5-12(15)20)14-13-11(4-6-16-14)18(3)9-17-13/h4,6,9-10H,5,7-8H2,1-3H3,(H2,15,20). The van der Waals surface area contributed by atoms with Crippen molar-refractivity contribution < 1.29 is 0 Å². The van der Waals surface area contributed by atoms with E-state index in [9.17, 15) is 0 Å². The summed E-state index contributed by atoms with van der Waals surface area (Å²) in [6.07, 6.45) is 4.33. The number of pyridine rings is 1. The second-order valence-corrected chi connectivity index (χ2v) is 5.94. The highest BCUT2D eigenvalue weighted by Gasteiger charge is 2.15. The quantitative estimate of drug-likeness (QED) is 0.826. The van der Waals surface area contributed by atoms with Gasteiger partial charge in [0, 0.05) is 32.8 Å². The van der Waals surface area contributed by atoms with Crippen LogP contribution in [0.1, 0.15) is 20.3 Å². The predicted octanol–water partition coefficient (Wildman–Crippen LogP) is 2.11. The maximum Gasteiger partial charge on any atom is 0.156 e. The van der Waals surface area contributed by atoms with Gasteiger partial charge in [0.25, 0.3) is 0 Å². The van der Waals surface area contributed by atoms with Gasteiger partial charge in [-0.2, -0.15) is 0 Å². The second kappa shape index (κ2) is 6.17. The Morgan fingerprint density at radius 2 is 2.20 bits per heavy atom. The van der Waals surface area contributed by atoms with Crippen molar-refractivity contribution in [2.24, 2.45) is 18.7 Å². The van der Waals surface area contributed by atoms with Gasteiger partial charge in [0.15, 0.2) is 5.82 Å². The van der Waals surface area contributed by atoms with Crippen molar-refractivity contribution in [3.05, 3.63) is 18.6 Å². The summed E-state index contributed by atoms with van der Waals surface area (Å²) in [5.41, 5.74) is 7.64. The van der Waals surface area contributed by atoms with Gasteiger partial charge in [0.1, 0.15) is 5.52 Å². The van der Waals surface area contributed by atoms with E-state index < -0.39 is 0 Å². The van der Waals surface area contributed by atoms with Crippen molar-refractivity contribution in [2.45, 2.75) is 20.3 Å². The lowest BCUT2D eigenvalue weighted by atomic mass is 10.2. The van der Waals surface area contributed by atoms with Gasteiger partial charge in [0.05, 0.1) is 16.8 Å². The maximum absolute atomic E-state index is 5.63. The Hall–Kier alpha value is -1.69. The summed E-state index contributed by atoms with van der Waals surface area (Å²) < 4.78 is 2.00. The van der Waals surface area contributed by atoms with E-state index in [1.54, 1.807) is 0 Å². The highest BCUT2D eigenvalue weighted by molar-refractivity contribution is 7.80. The number of nitrogens with zero attached hydrogens (tertiary/aromatic N) is 4. The number of rotatable bonds is 6. The molecule has 5 nitrogen and oxygen atoms in total. The molecule has 0 aromatic carbocycles. The Bertz CT molecular complexity index is 605. The number of fused-ring (bicyclic) bond motifs is 1. The monoisotopic (exact) mass is 291 g/mol. The highest BCUT2D eigenvalue weighted by atomic mass is 32.1. The fourth-order valence-electron chi connectivity index (χ4n) is 2.25. The van der Waals surface area contributed by atoms with Gasteiger partial charge in [-0.3, -0.25) is 0 Å². The van der Waals surface area contributed by atoms with Gasteiger partial charge in [-0.05, 0) is 12.0 Å². The normalized spacial score (nSPS) is 11.2. The third kappa shape index (κ3) is 3.25. The number of nitrogens with two attached hydrogens (primary N) is 1. The number of thiocarbonyl (C=S) groups is 1. The molecule has 2 aromatic rings. The molecule has 0 aliphatic heterocycles. The molecule has 2 N–H and O–H groups in total. The lowest BCUT2D eigenvalue weighted by Crippen LogP contribution is -2.31. The molecule has 0 saturated heterocycles. The molecule has 0 bridgehead atoms. The van der Waals surface area contributed by atoms with Crippen LogP contribution in [0.2, 0.25) is 0 Å². The van der Waals surface area contributed by atoms with Crippen LogP contribution in [0.15, 0.2) is 18.6 Å². The molecule has 0 aliphatic rings. The van der Waals surface area contributed by atoms with Crippen LogP contribution in [0.3, 0.4) is 0 Å². The number of hydrogen-bond acceptors (Lipinski definition) is 4. The summed E-state index contributed by atoms with van der Waals surface area (Å²) in [7, 11) is 1.99. The van der Waals surface area contributed by atoms with Crippen LogP contribution in [-0.4, -0.2) is 32.6 Å². The molecule has 6 heteroatoms. The molecule has 2 rings (SSSR count). The zero-order chi connectivity index (χ0) is 14.7. The van der Waals surface area contributed by atoms with Gasteiger partial charge in [-0.1, -0.05) is 26.1 Å². The Balaban J connectivity index is 2.36. The van der Waals surface area contributed by atoms with Crippen LogP contribution < -0.4 is 10.6 Å². The van der Waals surface area contributed by atoms with Gasteiger partial charge < -0.3 is 15.2 Å². The first-order chi connectivity index (χ1) is 9.49. The average Bonchev–Trinajstić information content (AvgIpc) is 2.76. The molecular formula is C14H21N5S. The third-order valence-corrected chi connectivity index (χ3v) is 3.34. The third-order valence-electron chi connectivity index (χ3n) is 3.14. The van der Waals surface area contributed by atoms with E-state index in [2.05, 4.69) is 28.7 Å². The van der Waals surface area contributed by atoms with E-state index in [0.29, 0.717) is 17.3 Å². The van der Waals surface area contributed by atoms with Gasteiger partial charge in [0.2, 0.25) is 0 Å². The van der Waals surface area contributed by atoms with Crippen molar-refractivity contribution in [2.75, 3.05) is 18.0 Å². The number of aryl methyl sites for hydroxylation is 1. The Morgan fingerprint density at radius 1 is 1.45 bits per heavy atom. The average molecular weight is 291 g/mol. The zero-order valence-electron chi connectivity index (χ0n) is 12.2. The Kier molecular flexibility index (Phi) is 4.54. The van der Waals surface area contributed by atoms with Crippen molar-refractivity contribution in [3.63, 3.8) is 0 Å². The maximum atomic E-state index is 5.63. The molecule has 0 spiro atoms. The minimum atomic E-state index is 0.530.